The Labute approximate surface area is 136 Å². The van der Waals surface area contributed by atoms with E-state index < -0.39 is 0 Å². The van der Waals surface area contributed by atoms with Crippen molar-refractivity contribution in [3.63, 3.8) is 0 Å². The van der Waals surface area contributed by atoms with Crippen LogP contribution in [-0.4, -0.2) is 61.6 Å². The summed E-state index contributed by atoms with van der Waals surface area (Å²) in [4.78, 5) is 16.6. The summed E-state index contributed by atoms with van der Waals surface area (Å²) >= 11 is 0. The second-order valence-corrected chi connectivity index (χ2v) is 6.22. The summed E-state index contributed by atoms with van der Waals surface area (Å²) < 4.78 is 18.7. The van der Waals surface area contributed by atoms with Crippen molar-refractivity contribution in [1.82, 2.24) is 15.1 Å². The lowest BCUT2D eigenvalue weighted by atomic mass is 10.1. The van der Waals surface area contributed by atoms with E-state index in [1.807, 2.05) is 11.0 Å². The van der Waals surface area contributed by atoms with E-state index in [9.17, 15) is 9.18 Å². The number of nitrogens with one attached hydrogen (secondary N) is 1. The average molecular weight is 321 g/mol. The van der Waals surface area contributed by atoms with Gasteiger partial charge in [0, 0.05) is 32.7 Å². The van der Waals surface area contributed by atoms with E-state index in [0.29, 0.717) is 6.54 Å². The minimum Gasteiger partial charge on any atom is -0.494 e. The number of nitrogens with zero attached hydrogens (tertiary/aromatic N) is 2. The molecule has 6 heteroatoms. The monoisotopic (exact) mass is 321 g/mol. The van der Waals surface area contributed by atoms with E-state index in [0.717, 1.165) is 51.1 Å². The van der Waals surface area contributed by atoms with Crippen LogP contribution >= 0.6 is 0 Å². The van der Waals surface area contributed by atoms with Crippen molar-refractivity contribution in [2.75, 3.05) is 39.8 Å². The zero-order chi connectivity index (χ0) is 16.2. The number of amides is 1. The summed E-state index contributed by atoms with van der Waals surface area (Å²) in [7, 11) is 1.47. The van der Waals surface area contributed by atoms with Gasteiger partial charge >= 0.3 is 0 Å². The highest BCUT2D eigenvalue weighted by Crippen LogP contribution is 2.19. The summed E-state index contributed by atoms with van der Waals surface area (Å²) in [6.45, 7) is 4.79. The molecule has 2 aliphatic rings. The number of carbonyl (C=O) groups excluding carboxylic acids is 1. The molecule has 2 heterocycles. The van der Waals surface area contributed by atoms with Crippen LogP contribution in [0.2, 0.25) is 0 Å². The third-order valence-electron chi connectivity index (χ3n) is 4.66. The van der Waals surface area contributed by atoms with Crippen LogP contribution in [0.25, 0.3) is 0 Å². The number of benzene rings is 1. The summed E-state index contributed by atoms with van der Waals surface area (Å²) in [6.07, 6.45) is 2.03. The van der Waals surface area contributed by atoms with Crippen molar-refractivity contribution in [2.24, 2.45) is 0 Å². The maximum absolute atomic E-state index is 13.7. The fourth-order valence-electron chi connectivity index (χ4n) is 3.31. The second kappa shape index (κ2) is 7.27. The summed E-state index contributed by atoms with van der Waals surface area (Å²) in [5, 5.41) is 3.26. The lowest BCUT2D eigenvalue weighted by molar-refractivity contribution is -0.134. The van der Waals surface area contributed by atoms with Crippen LogP contribution in [0.5, 0.6) is 5.75 Å². The van der Waals surface area contributed by atoms with Gasteiger partial charge in [-0.05, 0) is 37.1 Å². The molecule has 5 nitrogen and oxygen atoms in total. The molecule has 1 amide bonds. The fraction of sp³-hybridized carbons (Fsp3) is 0.588. The Morgan fingerprint density at radius 1 is 1.35 bits per heavy atom. The molecule has 126 valence electrons. The van der Waals surface area contributed by atoms with Gasteiger partial charge in [0.25, 0.3) is 0 Å². The van der Waals surface area contributed by atoms with Crippen LogP contribution < -0.4 is 10.1 Å². The van der Waals surface area contributed by atoms with Gasteiger partial charge < -0.3 is 15.0 Å². The Morgan fingerprint density at radius 2 is 2.13 bits per heavy atom. The quantitative estimate of drug-likeness (QED) is 0.906. The van der Waals surface area contributed by atoms with Gasteiger partial charge in [0.15, 0.2) is 11.6 Å². The molecule has 1 aromatic carbocycles. The molecule has 3 rings (SSSR count). The molecule has 0 aromatic heterocycles. The summed E-state index contributed by atoms with van der Waals surface area (Å²) in [5.74, 6) is 0.178. The molecule has 2 aliphatic heterocycles. The predicted molar refractivity (Wildman–Crippen MR) is 85.8 cm³/mol. The molecular formula is C17H24FN3O2. The molecule has 0 saturated carbocycles. The van der Waals surface area contributed by atoms with Crippen molar-refractivity contribution >= 4 is 5.91 Å². The highest BCUT2D eigenvalue weighted by molar-refractivity contribution is 5.82. The first kappa shape index (κ1) is 16.2. The van der Waals surface area contributed by atoms with E-state index in [4.69, 9.17) is 4.74 Å². The molecule has 1 N–H and O–H groups in total. The Morgan fingerprint density at radius 3 is 2.74 bits per heavy atom. The fourth-order valence-corrected chi connectivity index (χ4v) is 3.31. The van der Waals surface area contributed by atoms with E-state index in [1.165, 1.54) is 13.2 Å². The molecule has 0 unspecified atom stereocenters. The van der Waals surface area contributed by atoms with Gasteiger partial charge in [0.2, 0.25) is 5.91 Å². The number of rotatable bonds is 4. The van der Waals surface area contributed by atoms with Crippen LogP contribution in [0.1, 0.15) is 18.4 Å². The maximum Gasteiger partial charge on any atom is 0.239 e. The molecule has 0 aliphatic carbocycles. The highest BCUT2D eigenvalue weighted by atomic mass is 19.1. The normalized spacial score (nSPS) is 22.3. The molecule has 2 saturated heterocycles. The third-order valence-corrected chi connectivity index (χ3v) is 4.66. The molecule has 23 heavy (non-hydrogen) atoms. The Bertz CT molecular complexity index is 553. The van der Waals surface area contributed by atoms with Crippen molar-refractivity contribution < 1.29 is 13.9 Å². The third kappa shape index (κ3) is 3.82. The number of carbonyl (C=O) groups is 1. The number of hydrogen-bond donors (Lipinski definition) is 1. The SMILES string of the molecule is COc1ccc(CN2CCN(C(=O)[C@H]3CCCN3)CC2)cc1F. The molecule has 1 atom stereocenters. The molecule has 0 radical (unpaired) electrons. The largest absolute Gasteiger partial charge is 0.494 e. The van der Waals surface area contributed by atoms with E-state index >= 15 is 0 Å². The molecule has 1 aromatic rings. The first-order chi connectivity index (χ1) is 11.2. The summed E-state index contributed by atoms with van der Waals surface area (Å²) in [6, 6.07) is 5.09. The van der Waals surface area contributed by atoms with E-state index in [2.05, 4.69) is 10.2 Å². The van der Waals surface area contributed by atoms with Crippen molar-refractivity contribution in [3.05, 3.63) is 29.6 Å². The lowest BCUT2D eigenvalue weighted by Gasteiger charge is -2.36. The van der Waals surface area contributed by atoms with Crippen LogP contribution in [0.3, 0.4) is 0 Å². The van der Waals surface area contributed by atoms with E-state index in [-0.39, 0.29) is 23.5 Å². The topological polar surface area (TPSA) is 44.8 Å². The van der Waals surface area contributed by atoms with Gasteiger partial charge in [-0.1, -0.05) is 6.07 Å². The highest BCUT2D eigenvalue weighted by Gasteiger charge is 2.29. The molecule has 2 fully saturated rings. The lowest BCUT2D eigenvalue weighted by Crippen LogP contribution is -2.52. The average Bonchev–Trinajstić information content (AvgIpc) is 3.09. The summed E-state index contributed by atoms with van der Waals surface area (Å²) in [5.41, 5.74) is 0.931. The van der Waals surface area contributed by atoms with Gasteiger partial charge in [0.05, 0.1) is 13.2 Å². The molecule has 0 spiro atoms. The molecule has 0 bridgehead atoms. The van der Waals surface area contributed by atoms with Crippen LogP contribution in [0.4, 0.5) is 4.39 Å². The second-order valence-electron chi connectivity index (χ2n) is 6.22. The number of ether oxygens (including phenoxy) is 1. The van der Waals surface area contributed by atoms with Gasteiger partial charge in [-0.2, -0.15) is 0 Å². The van der Waals surface area contributed by atoms with Crippen LogP contribution in [0, 0.1) is 5.82 Å². The standard InChI is InChI=1S/C17H24FN3O2/c1-23-16-5-4-13(11-14(16)18)12-20-7-9-21(10-8-20)17(22)15-3-2-6-19-15/h4-5,11,15,19H,2-3,6-10,12H2,1H3/t15-/m1/s1. The zero-order valence-electron chi connectivity index (χ0n) is 13.6. The predicted octanol–water partition coefficient (Wildman–Crippen LogP) is 1.23. The maximum atomic E-state index is 13.7. The Hall–Kier alpha value is -1.66. The van der Waals surface area contributed by atoms with Gasteiger partial charge in [-0.15, -0.1) is 0 Å². The first-order valence-corrected chi connectivity index (χ1v) is 8.24. The minimum atomic E-state index is -0.328. The number of methoxy groups -OCH3 is 1. The first-order valence-electron chi connectivity index (χ1n) is 8.24. The number of halogens is 1. The Kier molecular flexibility index (Phi) is 5.13. The van der Waals surface area contributed by atoms with Crippen LogP contribution in [-0.2, 0) is 11.3 Å². The van der Waals surface area contributed by atoms with Gasteiger partial charge in [-0.25, -0.2) is 4.39 Å². The number of hydrogen-bond acceptors (Lipinski definition) is 4. The van der Waals surface area contributed by atoms with Crippen molar-refractivity contribution in [2.45, 2.75) is 25.4 Å². The van der Waals surface area contributed by atoms with Gasteiger partial charge in [-0.3, -0.25) is 9.69 Å². The zero-order valence-corrected chi connectivity index (χ0v) is 13.6. The minimum absolute atomic E-state index is 0.0113. The molecular weight excluding hydrogens is 297 g/mol. The van der Waals surface area contributed by atoms with E-state index in [1.54, 1.807) is 6.07 Å². The number of piperazine rings is 1. The van der Waals surface area contributed by atoms with Crippen molar-refractivity contribution in [3.8, 4) is 5.75 Å². The smallest absolute Gasteiger partial charge is 0.239 e. The Balaban J connectivity index is 1.51. The van der Waals surface area contributed by atoms with Crippen molar-refractivity contribution in [1.29, 1.82) is 0 Å². The van der Waals surface area contributed by atoms with Gasteiger partial charge in [0.1, 0.15) is 0 Å². The van der Waals surface area contributed by atoms with Crippen LogP contribution in [0.15, 0.2) is 18.2 Å².